The maximum absolute atomic E-state index is 5.94. The van der Waals surface area contributed by atoms with E-state index in [9.17, 15) is 0 Å². The van der Waals surface area contributed by atoms with Gasteiger partial charge in [-0.05, 0) is 120 Å². The molecule has 3 aromatic rings. The third-order valence-corrected chi connectivity index (χ3v) is 11.4. The van der Waals surface area contributed by atoms with Crippen LogP contribution >= 0.6 is 21.0 Å². The van der Waals surface area contributed by atoms with Crippen LogP contribution in [0, 0.1) is 0 Å². The van der Waals surface area contributed by atoms with E-state index >= 15 is 0 Å². The lowest BCUT2D eigenvalue weighted by Crippen LogP contribution is -2.04. The number of hydrogen-bond donors (Lipinski definition) is 0. The highest BCUT2D eigenvalue weighted by Gasteiger charge is 2.05. The summed E-state index contributed by atoms with van der Waals surface area (Å²) < 4.78 is 22.2. The number of hydrazone groups is 3. The summed E-state index contributed by atoms with van der Waals surface area (Å²) >= 11 is 16.4. The molecule has 0 fully saturated rings. The first-order valence-corrected chi connectivity index (χ1v) is 20.3. The van der Waals surface area contributed by atoms with Gasteiger partial charge in [0.15, 0.2) is 0 Å². The molecule has 0 saturated carbocycles. The lowest BCUT2D eigenvalue weighted by atomic mass is 10.2. The average molecular weight is 667 g/mol. The molecule has 41 heavy (non-hydrogen) atoms. The van der Waals surface area contributed by atoms with Gasteiger partial charge in [0.1, 0.15) is 17.2 Å². The zero-order valence-corrected chi connectivity index (χ0v) is 28.7. The van der Waals surface area contributed by atoms with Gasteiger partial charge in [0.2, 0.25) is 14.1 Å². The molecular weight excluding hydrogens is 633 g/mol. The Kier molecular flexibility index (Phi) is 13.5. The molecule has 3 atom stereocenters. The van der Waals surface area contributed by atoms with Gasteiger partial charge in [0, 0.05) is 28.0 Å². The summed E-state index contributed by atoms with van der Waals surface area (Å²) in [5.41, 5.74) is 2.79. The van der Waals surface area contributed by atoms with Crippen LogP contribution in [0.4, 0.5) is 0 Å². The lowest BCUT2D eigenvalue weighted by molar-refractivity contribution is 0.415. The van der Waals surface area contributed by atoms with Crippen molar-refractivity contribution in [2.75, 3.05) is 34.9 Å². The molecule has 0 saturated heterocycles. The zero-order valence-electron chi connectivity index (χ0n) is 23.3. The highest BCUT2D eigenvalue weighted by atomic mass is 32.4. The fourth-order valence-electron chi connectivity index (χ4n) is 2.90. The number of benzene rings is 3. The molecule has 0 bridgehead atoms. The molecule has 15 heteroatoms. The number of nitrogens with zero attached hydrogens (tertiary/aromatic N) is 6. The Morgan fingerprint density at radius 1 is 0.561 bits per heavy atom. The monoisotopic (exact) mass is 666 g/mol. The Hall–Kier alpha value is -2.58. The smallest absolute Gasteiger partial charge is 0.207 e. The normalized spacial score (nSPS) is 13.7. The predicted octanol–water partition coefficient (Wildman–Crippen LogP) is 5.88. The molecular formula is C26H33N6O3P3S3. The van der Waals surface area contributed by atoms with Crippen molar-refractivity contribution >= 4 is 75.1 Å². The molecule has 9 nitrogen and oxygen atoms in total. The maximum Gasteiger partial charge on any atom is 0.207 e. The van der Waals surface area contributed by atoms with Crippen LogP contribution in [0.25, 0.3) is 0 Å². The van der Waals surface area contributed by atoms with Crippen molar-refractivity contribution in [3.8, 4) is 17.2 Å². The molecule has 0 aliphatic carbocycles. The van der Waals surface area contributed by atoms with Crippen molar-refractivity contribution in [3.05, 3.63) is 89.5 Å². The molecule has 3 rings (SSSR count). The zero-order chi connectivity index (χ0) is 29.8. The average Bonchev–Trinajstić information content (AvgIpc) is 2.98. The molecule has 0 spiro atoms. The number of hydrogen-bond acceptors (Lipinski definition) is 9. The standard InChI is InChI=1S/C26H33N6O3P3S3/c1-30(36(5)39)27-18-22-8-14-25(15-9-22)34-38(41)32(3)29-20-23-10-16-26(17-11-23)35-37(40)31(2)28-19-21-6-12-24(33-4)13-7-21/h6-20,36-38H,1-5H3/b27-18+,28-19+,29-20+. The molecule has 218 valence electrons. The van der Waals surface area contributed by atoms with E-state index in [0.29, 0.717) is 11.5 Å². The van der Waals surface area contributed by atoms with Crippen molar-refractivity contribution in [1.29, 1.82) is 0 Å². The number of rotatable bonds is 14. The van der Waals surface area contributed by atoms with Crippen LogP contribution in [-0.4, -0.2) is 67.9 Å². The van der Waals surface area contributed by atoms with Crippen LogP contribution in [0.2, 0.25) is 0 Å². The van der Waals surface area contributed by atoms with Gasteiger partial charge in [-0.25, -0.2) is 9.56 Å². The van der Waals surface area contributed by atoms with Gasteiger partial charge in [-0.2, -0.15) is 15.3 Å². The van der Waals surface area contributed by atoms with Gasteiger partial charge in [0.05, 0.1) is 25.8 Å². The van der Waals surface area contributed by atoms with E-state index in [2.05, 4.69) is 15.3 Å². The SMILES string of the molecule is COc1ccc(/C=N/N(C)[PH](=S)Oc2ccc(/C=N/N(C)[PH](=S)Oc3ccc(/C=N/N(C)[PH](C)=S)cc3)cc2)cc1. The molecule has 0 N–H and O–H groups in total. The molecule has 0 heterocycles. The van der Waals surface area contributed by atoms with Crippen LogP contribution in [-0.2, 0) is 35.4 Å². The molecule has 3 unspecified atom stereocenters. The molecule has 3 aromatic carbocycles. The van der Waals surface area contributed by atoms with Gasteiger partial charge in [0.25, 0.3) is 0 Å². The minimum Gasteiger partial charge on any atom is -0.497 e. The van der Waals surface area contributed by atoms with Crippen LogP contribution < -0.4 is 13.8 Å². The summed E-state index contributed by atoms with van der Waals surface area (Å²) in [5.74, 6) is 2.15. The topological polar surface area (TPSA) is 74.5 Å². The summed E-state index contributed by atoms with van der Waals surface area (Å²) in [4.78, 5) is 0. The molecule has 0 aromatic heterocycles. The predicted molar refractivity (Wildman–Crippen MR) is 186 cm³/mol. The van der Waals surface area contributed by atoms with Gasteiger partial charge in [-0.1, -0.05) is 11.8 Å². The highest BCUT2D eigenvalue weighted by molar-refractivity contribution is 8.03. The van der Waals surface area contributed by atoms with Gasteiger partial charge < -0.3 is 13.8 Å². The van der Waals surface area contributed by atoms with E-state index in [1.807, 2.05) is 91.3 Å². The fourth-order valence-corrected chi connectivity index (χ4v) is 5.37. The van der Waals surface area contributed by atoms with Crippen molar-refractivity contribution in [2.45, 2.75) is 0 Å². The minimum atomic E-state index is -1.79. The van der Waals surface area contributed by atoms with E-state index in [4.69, 9.17) is 49.2 Å². The van der Waals surface area contributed by atoms with E-state index in [1.54, 1.807) is 49.4 Å². The quantitative estimate of drug-likeness (QED) is 0.119. The van der Waals surface area contributed by atoms with Gasteiger partial charge in [-0.3, -0.25) is 4.78 Å². The van der Waals surface area contributed by atoms with E-state index in [-0.39, 0.29) is 0 Å². The molecule has 0 radical (unpaired) electrons. The van der Waals surface area contributed by atoms with Crippen LogP contribution in [0.1, 0.15) is 16.7 Å². The van der Waals surface area contributed by atoms with E-state index in [0.717, 1.165) is 22.4 Å². The summed E-state index contributed by atoms with van der Waals surface area (Å²) in [7, 11) is 3.56. The molecule has 0 aliphatic rings. The first-order valence-electron chi connectivity index (χ1n) is 12.3. The summed E-state index contributed by atoms with van der Waals surface area (Å²) in [6, 6.07) is 22.7. The summed E-state index contributed by atoms with van der Waals surface area (Å²) in [5, 5.41) is 13.2. The maximum atomic E-state index is 5.94. The minimum absolute atomic E-state index is 0.669. The van der Waals surface area contributed by atoms with Gasteiger partial charge >= 0.3 is 0 Å². The Morgan fingerprint density at radius 3 is 1.20 bits per heavy atom. The fraction of sp³-hybridized carbons (Fsp3) is 0.192. The second-order valence-corrected chi connectivity index (χ2v) is 16.8. The van der Waals surface area contributed by atoms with Crippen molar-refractivity contribution in [3.63, 3.8) is 0 Å². The Balaban J connectivity index is 1.48. The first-order chi connectivity index (χ1) is 19.6. The van der Waals surface area contributed by atoms with Crippen molar-refractivity contribution in [2.24, 2.45) is 15.3 Å². The Bertz CT molecular complexity index is 1440. The number of methoxy groups -OCH3 is 1. The second-order valence-electron chi connectivity index (χ2n) is 8.47. The molecule has 0 amide bonds. The van der Waals surface area contributed by atoms with Gasteiger partial charge in [-0.15, -0.1) is 0 Å². The van der Waals surface area contributed by atoms with Crippen molar-refractivity contribution < 1.29 is 13.8 Å². The highest BCUT2D eigenvalue weighted by Crippen LogP contribution is 2.32. The van der Waals surface area contributed by atoms with E-state index in [1.165, 1.54) is 0 Å². The second kappa shape index (κ2) is 16.8. The lowest BCUT2D eigenvalue weighted by Gasteiger charge is -2.17. The van der Waals surface area contributed by atoms with Crippen LogP contribution in [0.3, 0.4) is 0 Å². The summed E-state index contributed by atoms with van der Waals surface area (Å²) in [6.45, 7) is 0.990. The summed E-state index contributed by atoms with van der Waals surface area (Å²) in [6.07, 6.45) is 5.25. The first kappa shape index (κ1) is 32.9. The van der Waals surface area contributed by atoms with Crippen LogP contribution in [0.15, 0.2) is 88.1 Å². The third kappa shape index (κ3) is 11.3. The molecule has 0 aliphatic heterocycles. The third-order valence-electron chi connectivity index (χ3n) is 5.41. The van der Waals surface area contributed by atoms with Crippen molar-refractivity contribution in [1.82, 2.24) is 14.3 Å². The van der Waals surface area contributed by atoms with E-state index < -0.39 is 21.0 Å². The Labute approximate surface area is 259 Å². The Morgan fingerprint density at radius 2 is 0.878 bits per heavy atom. The number of ether oxygens (including phenoxy) is 1. The largest absolute Gasteiger partial charge is 0.497 e. The van der Waals surface area contributed by atoms with Crippen LogP contribution in [0.5, 0.6) is 17.2 Å².